The topological polar surface area (TPSA) is 67.4 Å². The lowest BCUT2D eigenvalue weighted by Crippen LogP contribution is -2.57. The molecule has 0 saturated carbocycles. The number of carbonyl (C=O) groups excluding carboxylic acids is 2. The van der Waals surface area contributed by atoms with E-state index in [-0.39, 0.29) is 30.7 Å². The number of nitrogens with one attached hydrogen (secondary N) is 2. The summed E-state index contributed by atoms with van der Waals surface area (Å²) >= 11 is 0. The third-order valence-electron chi connectivity index (χ3n) is 3.04. The highest BCUT2D eigenvalue weighted by atomic mass is 35.5. The quantitative estimate of drug-likeness (QED) is 0.737. The van der Waals surface area contributed by atoms with Gasteiger partial charge in [-0.3, -0.25) is 9.59 Å². The Labute approximate surface area is 114 Å². The summed E-state index contributed by atoms with van der Waals surface area (Å²) in [6.07, 6.45) is 3.26. The van der Waals surface area contributed by atoms with Gasteiger partial charge in [-0.15, -0.1) is 12.4 Å². The molecule has 1 saturated heterocycles. The van der Waals surface area contributed by atoms with Crippen LogP contribution in [0.2, 0.25) is 0 Å². The van der Waals surface area contributed by atoms with E-state index in [1.54, 1.807) is 6.92 Å². The lowest BCUT2D eigenvalue weighted by molar-refractivity contribution is -0.143. The molecule has 1 unspecified atom stereocenters. The summed E-state index contributed by atoms with van der Waals surface area (Å²) in [6.45, 7) is 5.28. The van der Waals surface area contributed by atoms with Crippen LogP contribution in [0.4, 0.5) is 0 Å². The number of hydrogen-bond donors (Lipinski definition) is 2. The second kappa shape index (κ2) is 8.32. The summed E-state index contributed by atoms with van der Waals surface area (Å²) in [4.78, 5) is 23.0. The first-order chi connectivity index (χ1) is 8.08. The number of ether oxygens (including phenoxy) is 1. The predicted molar refractivity (Wildman–Crippen MR) is 71.8 cm³/mol. The molecule has 106 valence electrons. The average molecular weight is 279 g/mol. The number of esters is 1. The first-order valence-corrected chi connectivity index (χ1v) is 6.27. The van der Waals surface area contributed by atoms with Gasteiger partial charge in [0.05, 0.1) is 18.6 Å². The highest BCUT2D eigenvalue weighted by molar-refractivity contribution is 5.86. The maximum atomic E-state index is 11.9. The van der Waals surface area contributed by atoms with E-state index in [0.29, 0.717) is 13.2 Å². The van der Waals surface area contributed by atoms with Crippen LogP contribution in [-0.2, 0) is 14.3 Å². The van der Waals surface area contributed by atoms with Crippen LogP contribution in [-0.4, -0.2) is 37.1 Å². The molecule has 0 aromatic heterocycles. The highest BCUT2D eigenvalue weighted by Crippen LogP contribution is 2.18. The maximum Gasteiger partial charge on any atom is 0.307 e. The molecular weight excluding hydrogens is 256 g/mol. The third kappa shape index (κ3) is 5.23. The summed E-state index contributed by atoms with van der Waals surface area (Å²) in [7, 11) is 0. The van der Waals surface area contributed by atoms with Gasteiger partial charge in [0.25, 0.3) is 0 Å². The van der Waals surface area contributed by atoms with Crippen molar-refractivity contribution in [2.45, 2.75) is 45.1 Å². The molecule has 1 heterocycles. The standard InChI is InChI=1S/C12H22N2O3.ClH/c1-3-17-10(15)6-9-13-11(16)12(2)7-4-5-8-14-12;/h14H,3-9H2,1-2H3,(H,13,16);1H. The first-order valence-electron chi connectivity index (χ1n) is 6.27. The number of carbonyl (C=O) groups is 2. The molecule has 0 aromatic carbocycles. The molecule has 0 aliphatic carbocycles. The molecule has 0 aromatic rings. The van der Waals surface area contributed by atoms with Gasteiger partial charge in [0, 0.05) is 6.54 Å². The fraction of sp³-hybridized carbons (Fsp3) is 0.833. The molecule has 6 heteroatoms. The molecule has 0 bridgehead atoms. The maximum absolute atomic E-state index is 11.9. The summed E-state index contributed by atoms with van der Waals surface area (Å²) in [5.74, 6) is -0.295. The van der Waals surface area contributed by atoms with Gasteiger partial charge < -0.3 is 15.4 Å². The minimum atomic E-state index is -0.479. The fourth-order valence-corrected chi connectivity index (χ4v) is 1.96. The molecule has 1 atom stereocenters. The number of halogens is 1. The molecule has 2 N–H and O–H groups in total. The van der Waals surface area contributed by atoms with Crippen molar-refractivity contribution in [1.82, 2.24) is 10.6 Å². The summed E-state index contributed by atoms with van der Waals surface area (Å²) < 4.78 is 4.79. The molecule has 0 spiro atoms. The lowest BCUT2D eigenvalue weighted by Gasteiger charge is -2.33. The van der Waals surface area contributed by atoms with Crippen LogP contribution in [0.5, 0.6) is 0 Å². The molecule has 1 rings (SSSR count). The van der Waals surface area contributed by atoms with Gasteiger partial charge in [0.2, 0.25) is 5.91 Å². The molecule has 1 aliphatic heterocycles. The van der Waals surface area contributed by atoms with Gasteiger partial charge in [-0.25, -0.2) is 0 Å². The molecule has 5 nitrogen and oxygen atoms in total. The predicted octanol–water partition coefficient (Wildman–Crippen LogP) is 1.01. The van der Waals surface area contributed by atoms with Crippen molar-refractivity contribution in [3.8, 4) is 0 Å². The molecule has 1 fully saturated rings. The Morgan fingerprint density at radius 3 is 2.67 bits per heavy atom. The second-order valence-corrected chi connectivity index (χ2v) is 4.53. The molecular formula is C12H23ClN2O3. The number of piperidine rings is 1. The van der Waals surface area contributed by atoms with E-state index in [9.17, 15) is 9.59 Å². The van der Waals surface area contributed by atoms with Crippen molar-refractivity contribution in [1.29, 1.82) is 0 Å². The number of rotatable bonds is 5. The van der Waals surface area contributed by atoms with Crippen LogP contribution < -0.4 is 10.6 Å². The average Bonchev–Trinajstić information content (AvgIpc) is 2.30. The monoisotopic (exact) mass is 278 g/mol. The Bertz CT molecular complexity index is 278. The highest BCUT2D eigenvalue weighted by Gasteiger charge is 2.33. The smallest absolute Gasteiger partial charge is 0.307 e. The lowest BCUT2D eigenvalue weighted by atomic mass is 9.90. The van der Waals surface area contributed by atoms with Gasteiger partial charge in [0.15, 0.2) is 0 Å². The molecule has 1 aliphatic rings. The fourth-order valence-electron chi connectivity index (χ4n) is 1.96. The van der Waals surface area contributed by atoms with Gasteiger partial charge in [-0.05, 0) is 39.7 Å². The van der Waals surface area contributed by atoms with Crippen LogP contribution in [0.15, 0.2) is 0 Å². The van der Waals surface area contributed by atoms with Crippen molar-refractivity contribution >= 4 is 24.3 Å². The van der Waals surface area contributed by atoms with Crippen LogP contribution in [0.25, 0.3) is 0 Å². The van der Waals surface area contributed by atoms with Gasteiger partial charge >= 0.3 is 5.97 Å². The van der Waals surface area contributed by atoms with Crippen LogP contribution in [0, 0.1) is 0 Å². The second-order valence-electron chi connectivity index (χ2n) is 4.53. The summed E-state index contributed by atoms with van der Waals surface area (Å²) in [5.41, 5.74) is -0.479. The molecule has 0 radical (unpaired) electrons. The normalized spacial score (nSPS) is 22.8. The Morgan fingerprint density at radius 1 is 1.39 bits per heavy atom. The van der Waals surface area contributed by atoms with Crippen LogP contribution in [0.1, 0.15) is 39.5 Å². The van der Waals surface area contributed by atoms with E-state index in [2.05, 4.69) is 10.6 Å². The Kier molecular flexibility index (Phi) is 7.95. The van der Waals surface area contributed by atoms with E-state index in [0.717, 1.165) is 25.8 Å². The number of amides is 1. The van der Waals surface area contributed by atoms with Gasteiger partial charge in [0.1, 0.15) is 0 Å². The van der Waals surface area contributed by atoms with E-state index < -0.39 is 5.54 Å². The summed E-state index contributed by atoms with van der Waals surface area (Å²) in [5, 5.41) is 6.01. The van der Waals surface area contributed by atoms with Gasteiger partial charge in [-0.1, -0.05) is 0 Å². The molecule has 18 heavy (non-hydrogen) atoms. The minimum Gasteiger partial charge on any atom is -0.466 e. The molecule has 1 amide bonds. The van der Waals surface area contributed by atoms with Crippen molar-refractivity contribution in [3.63, 3.8) is 0 Å². The van der Waals surface area contributed by atoms with Crippen molar-refractivity contribution in [2.75, 3.05) is 19.7 Å². The van der Waals surface area contributed by atoms with Crippen molar-refractivity contribution in [2.24, 2.45) is 0 Å². The van der Waals surface area contributed by atoms with E-state index in [4.69, 9.17) is 4.74 Å². The zero-order chi connectivity index (χ0) is 12.7. The zero-order valence-corrected chi connectivity index (χ0v) is 11.9. The van der Waals surface area contributed by atoms with E-state index >= 15 is 0 Å². The van der Waals surface area contributed by atoms with E-state index in [1.165, 1.54) is 0 Å². The first kappa shape index (κ1) is 17.2. The zero-order valence-electron chi connectivity index (χ0n) is 11.1. The van der Waals surface area contributed by atoms with Crippen molar-refractivity contribution in [3.05, 3.63) is 0 Å². The van der Waals surface area contributed by atoms with E-state index in [1.807, 2.05) is 6.92 Å². The SMILES string of the molecule is CCOC(=O)CCNC(=O)C1(C)CCCCN1.Cl. The third-order valence-corrected chi connectivity index (χ3v) is 3.04. The summed E-state index contributed by atoms with van der Waals surface area (Å²) in [6, 6.07) is 0. The Hall–Kier alpha value is -0.810. The van der Waals surface area contributed by atoms with Gasteiger partial charge in [-0.2, -0.15) is 0 Å². The van der Waals surface area contributed by atoms with Crippen LogP contribution in [0.3, 0.4) is 0 Å². The Morgan fingerprint density at radius 2 is 2.11 bits per heavy atom. The Balaban J connectivity index is 0.00000289. The van der Waals surface area contributed by atoms with Crippen LogP contribution >= 0.6 is 12.4 Å². The number of hydrogen-bond acceptors (Lipinski definition) is 4. The van der Waals surface area contributed by atoms with Crippen molar-refractivity contribution < 1.29 is 14.3 Å². The largest absolute Gasteiger partial charge is 0.466 e. The minimum absolute atomic E-state index is 0.